The first kappa shape index (κ1) is 14.5. The lowest BCUT2D eigenvalue weighted by atomic mass is 9.72. The highest BCUT2D eigenvalue weighted by Crippen LogP contribution is 2.48. The fourth-order valence-electron chi connectivity index (χ4n) is 5.70. The zero-order chi connectivity index (χ0) is 14.4. The molecule has 0 radical (unpaired) electrons. The zero-order valence-electron chi connectivity index (χ0n) is 13.8. The number of hydrogen-bond acceptors (Lipinski definition) is 3. The Morgan fingerprint density at radius 3 is 2.57 bits per heavy atom. The van der Waals surface area contributed by atoms with Crippen molar-refractivity contribution in [2.24, 2.45) is 17.6 Å². The standard InChI is InChI=1S/C18H33N3/c1-20-16-6-7-17(20)12-21(10-8-16)18(13-19)9-2-3-15(11-18)14-4-5-14/h14-17H,2-13,19H2,1H3. The van der Waals surface area contributed by atoms with E-state index in [0.29, 0.717) is 5.54 Å². The molecule has 0 aromatic heterocycles. The van der Waals surface area contributed by atoms with E-state index in [9.17, 15) is 0 Å². The molecule has 4 aliphatic rings. The van der Waals surface area contributed by atoms with Gasteiger partial charge in [-0.3, -0.25) is 9.80 Å². The van der Waals surface area contributed by atoms with Crippen LogP contribution in [0.4, 0.5) is 0 Å². The van der Waals surface area contributed by atoms with Gasteiger partial charge >= 0.3 is 0 Å². The maximum atomic E-state index is 6.38. The Kier molecular flexibility index (Phi) is 3.79. The fraction of sp³-hybridized carbons (Fsp3) is 1.00. The second-order valence-corrected chi connectivity index (χ2v) is 8.41. The van der Waals surface area contributed by atoms with Gasteiger partial charge in [0, 0.05) is 37.3 Å². The van der Waals surface area contributed by atoms with E-state index in [1.807, 2.05) is 0 Å². The minimum atomic E-state index is 0.344. The van der Waals surface area contributed by atoms with Crippen molar-refractivity contribution in [1.82, 2.24) is 9.80 Å². The highest BCUT2D eigenvalue weighted by Gasteiger charge is 2.47. The number of likely N-dealkylation sites (tertiary alicyclic amines) is 1. The summed E-state index contributed by atoms with van der Waals surface area (Å²) in [6.45, 7) is 3.46. The normalized spacial score (nSPS) is 45.7. The molecule has 2 heterocycles. The average Bonchev–Trinajstić information content (AvgIpc) is 3.28. The van der Waals surface area contributed by atoms with Gasteiger partial charge in [-0.25, -0.2) is 0 Å². The van der Waals surface area contributed by atoms with Crippen molar-refractivity contribution in [3.8, 4) is 0 Å². The van der Waals surface area contributed by atoms with E-state index >= 15 is 0 Å². The molecule has 2 bridgehead atoms. The highest BCUT2D eigenvalue weighted by atomic mass is 15.3. The van der Waals surface area contributed by atoms with E-state index in [4.69, 9.17) is 5.73 Å². The molecule has 2 saturated carbocycles. The molecule has 4 atom stereocenters. The summed E-state index contributed by atoms with van der Waals surface area (Å²) in [5.41, 5.74) is 6.72. The number of rotatable bonds is 3. The summed E-state index contributed by atoms with van der Waals surface area (Å²) in [6.07, 6.45) is 12.8. The van der Waals surface area contributed by atoms with Crippen LogP contribution >= 0.6 is 0 Å². The molecule has 4 rings (SSSR count). The van der Waals surface area contributed by atoms with Gasteiger partial charge in [-0.2, -0.15) is 0 Å². The fourth-order valence-corrected chi connectivity index (χ4v) is 5.70. The molecule has 0 amide bonds. The second kappa shape index (κ2) is 5.50. The molecule has 120 valence electrons. The van der Waals surface area contributed by atoms with Crippen molar-refractivity contribution in [1.29, 1.82) is 0 Å². The molecular weight excluding hydrogens is 258 g/mol. The summed E-state index contributed by atoms with van der Waals surface area (Å²) in [5, 5.41) is 0. The van der Waals surface area contributed by atoms with Gasteiger partial charge < -0.3 is 5.73 Å². The third-order valence-corrected chi connectivity index (χ3v) is 7.35. The van der Waals surface area contributed by atoms with Gasteiger partial charge in [-0.15, -0.1) is 0 Å². The molecule has 2 saturated heterocycles. The van der Waals surface area contributed by atoms with Crippen LogP contribution in [0.2, 0.25) is 0 Å². The van der Waals surface area contributed by atoms with E-state index in [2.05, 4.69) is 16.8 Å². The lowest BCUT2D eigenvalue weighted by molar-refractivity contribution is 0.0246. The van der Waals surface area contributed by atoms with Gasteiger partial charge in [0.25, 0.3) is 0 Å². The van der Waals surface area contributed by atoms with Crippen LogP contribution in [-0.4, -0.2) is 54.1 Å². The predicted molar refractivity (Wildman–Crippen MR) is 87.2 cm³/mol. The Labute approximate surface area is 130 Å². The van der Waals surface area contributed by atoms with Gasteiger partial charge in [0.15, 0.2) is 0 Å². The van der Waals surface area contributed by atoms with E-state index in [1.165, 1.54) is 70.9 Å². The average molecular weight is 291 g/mol. The maximum Gasteiger partial charge on any atom is 0.0335 e. The minimum absolute atomic E-state index is 0.344. The first-order chi connectivity index (χ1) is 10.2. The first-order valence-corrected chi connectivity index (χ1v) is 9.39. The SMILES string of the molecule is CN1C2CCC1CN(C1(CN)CCCC(C3CC3)C1)CC2. The van der Waals surface area contributed by atoms with E-state index in [-0.39, 0.29) is 0 Å². The topological polar surface area (TPSA) is 32.5 Å². The Morgan fingerprint density at radius 1 is 1.00 bits per heavy atom. The minimum Gasteiger partial charge on any atom is -0.329 e. The predicted octanol–water partition coefficient (Wildman–Crippen LogP) is 2.45. The molecule has 2 N–H and O–H groups in total. The van der Waals surface area contributed by atoms with Crippen LogP contribution in [0.15, 0.2) is 0 Å². The number of nitrogens with two attached hydrogens (primary N) is 1. The van der Waals surface area contributed by atoms with Gasteiger partial charge in [-0.05, 0) is 63.8 Å². The monoisotopic (exact) mass is 291 g/mol. The Hall–Kier alpha value is -0.120. The zero-order valence-corrected chi connectivity index (χ0v) is 13.8. The molecular formula is C18H33N3. The quantitative estimate of drug-likeness (QED) is 0.867. The third-order valence-electron chi connectivity index (χ3n) is 7.35. The highest BCUT2D eigenvalue weighted by molar-refractivity contribution is 5.03. The van der Waals surface area contributed by atoms with E-state index in [1.54, 1.807) is 0 Å². The molecule has 0 spiro atoms. The summed E-state index contributed by atoms with van der Waals surface area (Å²) < 4.78 is 0. The molecule has 4 unspecified atom stereocenters. The third kappa shape index (κ3) is 2.55. The smallest absolute Gasteiger partial charge is 0.0335 e. The molecule has 0 aromatic rings. The van der Waals surface area contributed by atoms with Gasteiger partial charge in [-0.1, -0.05) is 12.8 Å². The lowest BCUT2D eigenvalue weighted by Crippen LogP contribution is -2.58. The number of hydrogen-bond donors (Lipinski definition) is 1. The Bertz CT molecular complexity index is 381. The lowest BCUT2D eigenvalue weighted by Gasteiger charge is -2.49. The number of fused-ring (bicyclic) bond motifs is 2. The van der Waals surface area contributed by atoms with Crippen molar-refractivity contribution in [3.63, 3.8) is 0 Å². The van der Waals surface area contributed by atoms with Crippen LogP contribution in [0.5, 0.6) is 0 Å². The van der Waals surface area contributed by atoms with Crippen LogP contribution in [-0.2, 0) is 0 Å². The Balaban J connectivity index is 1.51. The molecule has 2 aliphatic carbocycles. The van der Waals surface area contributed by atoms with Crippen LogP contribution in [0.1, 0.15) is 57.8 Å². The maximum absolute atomic E-state index is 6.38. The largest absolute Gasteiger partial charge is 0.329 e. The van der Waals surface area contributed by atoms with Crippen LogP contribution in [0, 0.1) is 11.8 Å². The summed E-state index contributed by atoms with van der Waals surface area (Å²) >= 11 is 0. The van der Waals surface area contributed by atoms with E-state index in [0.717, 1.165) is 30.5 Å². The molecule has 2 aliphatic heterocycles. The van der Waals surface area contributed by atoms with Gasteiger partial charge in [0.2, 0.25) is 0 Å². The summed E-state index contributed by atoms with van der Waals surface area (Å²) in [4.78, 5) is 5.52. The summed E-state index contributed by atoms with van der Waals surface area (Å²) in [5.74, 6) is 2.04. The van der Waals surface area contributed by atoms with Crippen molar-refractivity contribution < 1.29 is 0 Å². The second-order valence-electron chi connectivity index (χ2n) is 8.41. The van der Waals surface area contributed by atoms with Crippen LogP contribution in [0.3, 0.4) is 0 Å². The molecule has 3 nitrogen and oxygen atoms in total. The summed E-state index contributed by atoms with van der Waals surface area (Å²) in [7, 11) is 2.36. The van der Waals surface area contributed by atoms with Crippen LogP contribution in [0.25, 0.3) is 0 Å². The van der Waals surface area contributed by atoms with Crippen molar-refractivity contribution in [3.05, 3.63) is 0 Å². The van der Waals surface area contributed by atoms with Gasteiger partial charge in [0.1, 0.15) is 0 Å². The molecule has 21 heavy (non-hydrogen) atoms. The number of likely N-dealkylation sites (N-methyl/N-ethyl adjacent to an activating group) is 1. The Morgan fingerprint density at radius 2 is 1.81 bits per heavy atom. The molecule has 0 aromatic carbocycles. The van der Waals surface area contributed by atoms with Crippen molar-refractivity contribution >= 4 is 0 Å². The van der Waals surface area contributed by atoms with Crippen molar-refractivity contribution in [2.45, 2.75) is 75.4 Å². The molecule has 4 fully saturated rings. The number of nitrogens with zero attached hydrogens (tertiary/aromatic N) is 2. The van der Waals surface area contributed by atoms with Crippen LogP contribution < -0.4 is 5.73 Å². The summed E-state index contributed by atoms with van der Waals surface area (Å²) in [6, 6.07) is 1.64. The first-order valence-electron chi connectivity index (χ1n) is 9.39. The van der Waals surface area contributed by atoms with Gasteiger partial charge in [0.05, 0.1) is 0 Å². The van der Waals surface area contributed by atoms with Crippen molar-refractivity contribution in [2.75, 3.05) is 26.7 Å². The van der Waals surface area contributed by atoms with E-state index < -0.39 is 0 Å². The molecule has 3 heteroatoms.